The molecule has 11 heteroatoms. The van der Waals surface area contributed by atoms with Gasteiger partial charge in [0.2, 0.25) is 0 Å². The number of carbonyl (C=O) groups is 1. The fraction of sp³-hybridized carbons (Fsp3) is 0.423. The Labute approximate surface area is 219 Å². The summed E-state index contributed by atoms with van der Waals surface area (Å²) in [6, 6.07) is 9.44. The van der Waals surface area contributed by atoms with Gasteiger partial charge in [0.15, 0.2) is 10.7 Å². The predicted octanol–water partition coefficient (Wildman–Crippen LogP) is 4.56. The number of carbonyl (C=O) groups excluding carboxylic acids is 1. The van der Waals surface area contributed by atoms with Crippen LogP contribution in [0, 0.1) is 10.1 Å². The number of thiazole rings is 1. The number of likely N-dealkylation sites (tertiary alicyclic amines) is 1. The molecule has 0 aliphatic carbocycles. The average molecular weight is 526 g/mol. The van der Waals surface area contributed by atoms with Crippen LogP contribution in [0.4, 0.5) is 11.5 Å². The summed E-state index contributed by atoms with van der Waals surface area (Å²) in [6.45, 7) is 4.66. The fourth-order valence-corrected chi connectivity index (χ4v) is 5.46. The van der Waals surface area contributed by atoms with Crippen molar-refractivity contribution in [2.75, 3.05) is 38.7 Å². The molecule has 1 N–H and O–H groups in total. The van der Waals surface area contributed by atoms with E-state index in [0.29, 0.717) is 53.4 Å². The first kappa shape index (κ1) is 26.6. The fourth-order valence-electron chi connectivity index (χ4n) is 4.52. The number of rotatable bonds is 12. The van der Waals surface area contributed by atoms with Crippen LogP contribution in [0.25, 0.3) is 10.6 Å². The van der Waals surface area contributed by atoms with Crippen LogP contribution in [-0.2, 0) is 22.4 Å². The third-order valence-electron chi connectivity index (χ3n) is 6.29. The molecule has 0 bridgehead atoms. The highest BCUT2D eigenvalue weighted by Crippen LogP contribution is 2.32. The molecule has 1 aliphatic rings. The lowest BCUT2D eigenvalue weighted by atomic mass is 10.1. The standard InChI is InChI=1S/C26H31N5O5S/c1-3-36-26(32)23-24(29-25(37-23)20-8-11-27-12-9-20)28-13-10-19-7-6-18(15-22(19)31(33)34)16-30-14-4-5-21(30)17-35-2/h6-9,11-12,15,21,28H,3-5,10,13-14,16-17H2,1-2H3/t21-/m1/s1. The van der Waals surface area contributed by atoms with Gasteiger partial charge in [-0.25, -0.2) is 9.78 Å². The van der Waals surface area contributed by atoms with Gasteiger partial charge in [0.1, 0.15) is 5.01 Å². The predicted molar refractivity (Wildman–Crippen MR) is 142 cm³/mol. The maximum Gasteiger partial charge on any atom is 0.352 e. The molecule has 3 heterocycles. The van der Waals surface area contributed by atoms with Gasteiger partial charge < -0.3 is 14.8 Å². The third-order valence-corrected chi connectivity index (χ3v) is 7.38. The van der Waals surface area contributed by atoms with Gasteiger partial charge in [0, 0.05) is 55.8 Å². The van der Waals surface area contributed by atoms with E-state index < -0.39 is 5.97 Å². The summed E-state index contributed by atoms with van der Waals surface area (Å²) in [7, 11) is 1.70. The molecule has 1 atom stereocenters. The molecule has 37 heavy (non-hydrogen) atoms. The van der Waals surface area contributed by atoms with Crippen LogP contribution >= 0.6 is 11.3 Å². The van der Waals surface area contributed by atoms with Crippen LogP contribution in [0.3, 0.4) is 0 Å². The van der Waals surface area contributed by atoms with Crippen molar-refractivity contribution in [2.24, 2.45) is 0 Å². The first-order valence-electron chi connectivity index (χ1n) is 12.3. The molecule has 1 aliphatic heterocycles. The van der Waals surface area contributed by atoms with Crippen LogP contribution in [0.15, 0.2) is 42.7 Å². The van der Waals surface area contributed by atoms with Gasteiger partial charge in [0.25, 0.3) is 5.69 Å². The largest absolute Gasteiger partial charge is 0.462 e. The molecule has 3 aromatic rings. The van der Waals surface area contributed by atoms with E-state index in [2.05, 4.69) is 20.2 Å². The zero-order valence-corrected chi connectivity index (χ0v) is 21.8. The maximum atomic E-state index is 12.5. The van der Waals surface area contributed by atoms with Gasteiger partial charge in [-0.2, -0.15) is 0 Å². The Bertz CT molecular complexity index is 1220. The number of nitro groups is 1. The van der Waals surface area contributed by atoms with Crippen LogP contribution in [0.2, 0.25) is 0 Å². The molecule has 0 saturated carbocycles. The number of esters is 1. The van der Waals surface area contributed by atoms with Gasteiger partial charge in [-0.3, -0.25) is 20.0 Å². The minimum absolute atomic E-state index is 0.100. The Morgan fingerprint density at radius 3 is 2.84 bits per heavy atom. The molecule has 0 spiro atoms. The van der Waals surface area contributed by atoms with E-state index in [1.807, 2.05) is 24.3 Å². The zero-order chi connectivity index (χ0) is 26.2. The number of methoxy groups -OCH3 is 1. The molecule has 0 amide bonds. The number of hydrogen-bond acceptors (Lipinski definition) is 10. The van der Waals surface area contributed by atoms with E-state index in [9.17, 15) is 14.9 Å². The van der Waals surface area contributed by atoms with Crippen LogP contribution in [0.5, 0.6) is 0 Å². The molecule has 1 fully saturated rings. The van der Waals surface area contributed by atoms with Gasteiger partial charge in [0.05, 0.1) is 18.1 Å². The molecule has 10 nitrogen and oxygen atoms in total. The summed E-state index contributed by atoms with van der Waals surface area (Å²) in [5.74, 6) is -0.0421. The van der Waals surface area contributed by atoms with Gasteiger partial charge in [-0.1, -0.05) is 12.1 Å². The minimum atomic E-state index is -0.452. The van der Waals surface area contributed by atoms with Crippen molar-refractivity contribution in [3.05, 3.63) is 68.8 Å². The summed E-state index contributed by atoms with van der Waals surface area (Å²) < 4.78 is 10.5. The van der Waals surface area contributed by atoms with E-state index in [1.54, 1.807) is 32.5 Å². The summed E-state index contributed by atoms with van der Waals surface area (Å²) in [5, 5.41) is 15.7. The van der Waals surface area contributed by atoms with E-state index in [4.69, 9.17) is 9.47 Å². The van der Waals surface area contributed by atoms with Crippen LogP contribution in [-0.4, -0.2) is 65.2 Å². The highest BCUT2D eigenvalue weighted by atomic mass is 32.1. The number of benzene rings is 1. The number of nitro benzene ring substituents is 1. The Hall–Kier alpha value is -3.41. The van der Waals surface area contributed by atoms with Crippen molar-refractivity contribution in [2.45, 2.75) is 38.8 Å². The Morgan fingerprint density at radius 2 is 2.11 bits per heavy atom. The molecule has 0 radical (unpaired) electrons. The minimum Gasteiger partial charge on any atom is -0.462 e. The van der Waals surface area contributed by atoms with E-state index >= 15 is 0 Å². The lowest BCUT2D eigenvalue weighted by molar-refractivity contribution is -0.385. The summed E-state index contributed by atoms with van der Waals surface area (Å²) in [6.07, 6.45) is 5.91. The molecule has 196 valence electrons. The lowest BCUT2D eigenvalue weighted by Crippen LogP contribution is -2.32. The van der Waals surface area contributed by atoms with Gasteiger partial charge in [-0.15, -0.1) is 11.3 Å². The maximum absolute atomic E-state index is 12.5. The van der Waals surface area contributed by atoms with Crippen molar-refractivity contribution in [1.82, 2.24) is 14.9 Å². The second kappa shape index (κ2) is 12.7. The molecule has 0 unspecified atom stereocenters. The number of anilines is 1. The first-order valence-corrected chi connectivity index (χ1v) is 13.1. The van der Waals surface area contributed by atoms with Crippen LogP contribution < -0.4 is 5.32 Å². The van der Waals surface area contributed by atoms with Crippen LogP contribution in [0.1, 0.15) is 40.6 Å². The Balaban J connectivity index is 1.46. The molecule has 1 saturated heterocycles. The number of ether oxygens (including phenoxy) is 2. The first-order chi connectivity index (χ1) is 18.0. The number of nitrogens with one attached hydrogen (secondary N) is 1. The smallest absolute Gasteiger partial charge is 0.352 e. The second-order valence-electron chi connectivity index (χ2n) is 8.77. The van der Waals surface area contributed by atoms with Crippen molar-refractivity contribution in [1.29, 1.82) is 0 Å². The second-order valence-corrected chi connectivity index (χ2v) is 9.77. The van der Waals surface area contributed by atoms with E-state index in [-0.39, 0.29) is 17.2 Å². The van der Waals surface area contributed by atoms with Crippen molar-refractivity contribution in [3.8, 4) is 10.6 Å². The average Bonchev–Trinajstić information content (AvgIpc) is 3.53. The molecular formula is C26H31N5O5S. The number of hydrogen-bond donors (Lipinski definition) is 1. The Morgan fingerprint density at radius 1 is 1.30 bits per heavy atom. The SMILES string of the molecule is CCOC(=O)c1sc(-c2ccncc2)nc1NCCc1ccc(CN2CCC[C@@H]2COC)cc1[N+](=O)[O-]. The normalized spacial score (nSPS) is 15.6. The molecule has 1 aromatic carbocycles. The van der Waals surface area contributed by atoms with Gasteiger partial charge >= 0.3 is 5.97 Å². The number of aromatic nitrogens is 2. The topological polar surface area (TPSA) is 120 Å². The highest BCUT2D eigenvalue weighted by molar-refractivity contribution is 7.17. The quantitative estimate of drug-likeness (QED) is 0.206. The van der Waals surface area contributed by atoms with E-state index in [0.717, 1.165) is 30.5 Å². The summed E-state index contributed by atoms with van der Waals surface area (Å²) >= 11 is 1.24. The van der Waals surface area contributed by atoms with E-state index in [1.165, 1.54) is 11.3 Å². The highest BCUT2D eigenvalue weighted by Gasteiger charge is 2.25. The molecule has 4 rings (SSSR count). The Kier molecular flexibility index (Phi) is 9.15. The molecular weight excluding hydrogens is 494 g/mol. The molecule has 2 aromatic heterocycles. The van der Waals surface area contributed by atoms with Gasteiger partial charge in [-0.05, 0) is 50.4 Å². The summed E-state index contributed by atoms with van der Waals surface area (Å²) in [5.41, 5.74) is 2.48. The lowest BCUT2D eigenvalue weighted by Gasteiger charge is -2.23. The zero-order valence-electron chi connectivity index (χ0n) is 21.0. The summed E-state index contributed by atoms with van der Waals surface area (Å²) in [4.78, 5) is 35.4. The number of nitrogens with zero attached hydrogens (tertiary/aromatic N) is 4. The van der Waals surface area contributed by atoms with Crippen molar-refractivity contribution in [3.63, 3.8) is 0 Å². The third kappa shape index (κ3) is 6.68. The van der Waals surface area contributed by atoms with Crippen molar-refractivity contribution < 1.29 is 19.2 Å². The monoisotopic (exact) mass is 525 g/mol. The van der Waals surface area contributed by atoms with Crippen molar-refractivity contribution >= 4 is 28.8 Å². The number of pyridine rings is 1.